The van der Waals surface area contributed by atoms with Gasteiger partial charge in [-0.3, -0.25) is 4.90 Å². The zero-order valence-corrected chi connectivity index (χ0v) is 16.9. The van der Waals surface area contributed by atoms with Gasteiger partial charge in [-0.2, -0.15) is 0 Å². The number of ether oxygens (including phenoxy) is 3. The zero-order valence-electron chi connectivity index (χ0n) is 16.9. The number of hydrogen-bond donors (Lipinski definition) is 1. The lowest BCUT2D eigenvalue weighted by Crippen LogP contribution is -2.43. The highest BCUT2D eigenvalue weighted by Gasteiger charge is 2.38. The first-order valence-electron chi connectivity index (χ1n) is 8.80. The van der Waals surface area contributed by atoms with Gasteiger partial charge in [-0.1, -0.05) is 0 Å². The fourth-order valence-electron chi connectivity index (χ4n) is 2.63. The average Bonchev–Trinajstić information content (AvgIpc) is 2.65. The van der Waals surface area contributed by atoms with Crippen molar-refractivity contribution < 1.29 is 33.3 Å². The first kappa shape index (κ1) is 22.0. The molecule has 8 heteroatoms. The molecule has 0 saturated heterocycles. The molecule has 0 aromatic heterocycles. The Hall–Kier alpha value is -3.29. The van der Waals surface area contributed by atoms with Crippen molar-refractivity contribution in [2.24, 2.45) is 0 Å². The molecule has 0 fully saturated rings. The van der Waals surface area contributed by atoms with Gasteiger partial charge in [-0.15, -0.1) is 0 Å². The van der Waals surface area contributed by atoms with Crippen molar-refractivity contribution >= 4 is 17.7 Å². The smallest absolute Gasteiger partial charge is 0.415 e. The van der Waals surface area contributed by atoms with Crippen LogP contribution in [0.3, 0.4) is 0 Å². The minimum Gasteiger partial charge on any atom is -0.508 e. The molecule has 1 unspecified atom stereocenters. The van der Waals surface area contributed by atoms with Gasteiger partial charge in [0.25, 0.3) is 0 Å². The summed E-state index contributed by atoms with van der Waals surface area (Å²) in [6, 6.07) is 8.06. The van der Waals surface area contributed by atoms with Crippen LogP contribution in [0.4, 0.5) is 14.9 Å². The first-order chi connectivity index (χ1) is 13.6. The van der Waals surface area contributed by atoms with Crippen LogP contribution in [0, 0.1) is 5.82 Å². The van der Waals surface area contributed by atoms with Crippen LogP contribution in [-0.2, 0) is 14.3 Å². The SMILES string of the molecule is COC(=O)C(c1ccc(O)cc1F)N(C(=O)OC(C)(C)C)c1ccc(OC)cc1. The summed E-state index contributed by atoms with van der Waals surface area (Å²) in [6.07, 6.45) is -0.870. The van der Waals surface area contributed by atoms with E-state index in [4.69, 9.17) is 14.2 Å². The quantitative estimate of drug-likeness (QED) is 0.751. The topological polar surface area (TPSA) is 85.3 Å². The fraction of sp³-hybridized carbons (Fsp3) is 0.333. The summed E-state index contributed by atoms with van der Waals surface area (Å²) >= 11 is 0. The maximum absolute atomic E-state index is 14.6. The highest BCUT2D eigenvalue weighted by atomic mass is 19.1. The van der Waals surface area contributed by atoms with Gasteiger partial charge in [-0.05, 0) is 57.2 Å². The first-order valence-corrected chi connectivity index (χ1v) is 8.80. The van der Waals surface area contributed by atoms with E-state index >= 15 is 0 Å². The average molecular weight is 405 g/mol. The Morgan fingerprint density at radius 1 is 1.07 bits per heavy atom. The molecular weight excluding hydrogens is 381 g/mol. The molecule has 1 N–H and O–H groups in total. The summed E-state index contributed by atoms with van der Waals surface area (Å²) in [5, 5.41) is 9.52. The number of nitrogens with zero attached hydrogens (tertiary/aromatic N) is 1. The van der Waals surface area contributed by atoms with Gasteiger partial charge in [0.2, 0.25) is 0 Å². The van der Waals surface area contributed by atoms with Gasteiger partial charge in [0.15, 0.2) is 6.04 Å². The van der Waals surface area contributed by atoms with Crippen molar-refractivity contribution in [3.8, 4) is 11.5 Å². The van der Waals surface area contributed by atoms with Crippen LogP contribution in [0.2, 0.25) is 0 Å². The number of aromatic hydroxyl groups is 1. The lowest BCUT2D eigenvalue weighted by Gasteiger charge is -2.32. The largest absolute Gasteiger partial charge is 0.508 e. The standard InChI is InChI=1S/C21H24FNO6/c1-21(2,3)29-20(26)23(13-6-9-15(27-4)10-7-13)18(19(25)28-5)16-11-8-14(24)12-17(16)22/h6-12,18,24H,1-5H3. The maximum Gasteiger partial charge on any atom is 0.415 e. The number of hydrogen-bond acceptors (Lipinski definition) is 6. The summed E-state index contributed by atoms with van der Waals surface area (Å²) in [5.41, 5.74) is -0.755. The van der Waals surface area contributed by atoms with Crippen LogP contribution >= 0.6 is 0 Å². The summed E-state index contributed by atoms with van der Waals surface area (Å²) in [4.78, 5) is 26.7. The molecular formula is C21H24FNO6. The number of anilines is 1. The van der Waals surface area contributed by atoms with E-state index in [2.05, 4.69) is 0 Å². The Labute approximate surface area is 168 Å². The molecule has 156 valence electrons. The number of rotatable bonds is 5. The third-order valence-electron chi connectivity index (χ3n) is 3.90. The zero-order chi connectivity index (χ0) is 21.8. The van der Waals surface area contributed by atoms with Crippen LogP contribution in [0.15, 0.2) is 42.5 Å². The van der Waals surface area contributed by atoms with Crippen LogP contribution < -0.4 is 9.64 Å². The van der Waals surface area contributed by atoms with E-state index in [1.165, 1.54) is 31.4 Å². The van der Waals surface area contributed by atoms with Crippen LogP contribution in [0.1, 0.15) is 32.4 Å². The van der Waals surface area contributed by atoms with Crippen molar-refractivity contribution in [3.63, 3.8) is 0 Å². The number of esters is 1. The van der Waals surface area contributed by atoms with Gasteiger partial charge in [0.1, 0.15) is 22.9 Å². The minimum absolute atomic E-state index is 0.156. The molecule has 0 saturated carbocycles. The molecule has 0 heterocycles. The molecule has 1 amide bonds. The second kappa shape index (κ2) is 8.81. The van der Waals surface area contributed by atoms with E-state index in [0.29, 0.717) is 5.75 Å². The van der Waals surface area contributed by atoms with Gasteiger partial charge in [0, 0.05) is 17.3 Å². The number of phenolic OH excluding ortho intramolecular Hbond substituents is 1. The Balaban J connectivity index is 2.65. The minimum atomic E-state index is -1.48. The summed E-state index contributed by atoms with van der Waals surface area (Å²) in [7, 11) is 2.62. The van der Waals surface area contributed by atoms with E-state index < -0.39 is 29.5 Å². The summed E-state index contributed by atoms with van der Waals surface area (Å²) in [6.45, 7) is 5.02. The predicted octanol–water partition coefficient (Wildman–Crippen LogP) is 4.20. The van der Waals surface area contributed by atoms with E-state index in [-0.39, 0.29) is 17.0 Å². The monoisotopic (exact) mass is 405 g/mol. The lowest BCUT2D eigenvalue weighted by molar-refractivity contribution is -0.142. The van der Waals surface area contributed by atoms with Crippen LogP contribution in [-0.4, -0.2) is 37.0 Å². The number of carbonyl (C=O) groups is 2. The molecule has 1 atom stereocenters. The van der Waals surface area contributed by atoms with Gasteiger partial charge < -0.3 is 19.3 Å². The van der Waals surface area contributed by atoms with Crippen molar-refractivity contribution in [1.82, 2.24) is 0 Å². The van der Waals surface area contributed by atoms with Crippen LogP contribution in [0.5, 0.6) is 11.5 Å². The Morgan fingerprint density at radius 2 is 1.69 bits per heavy atom. The van der Waals surface area contributed by atoms with Crippen molar-refractivity contribution in [3.05, 3.63) is 53.8 Å². The number of benzene rings is 2. The third-order valence-corrected chi connectivity index (χ3v) is 3.90. The highest BCUT2D eigenvalue weighted by molar-refractivity contribution is 5.96. The van der Waals surface area contributed by atoms with E-state index in [0.717, 1.165) is 18.1 Å². The Kier molecular flexibility index (Phi) is 6.68. The summed E-state index contributed by atoms with van der Waals surface area (Å²) < 4.78 is 30.0. The molecule has 0 bridgehead atoms. The molecule has 2 rings (SSSR count). The van der Waals surface area contributed by atoms with Crippen LogP contribution in [0.25, 0.3) is 0 Å². The number of carbonyl (C=O) groups excluding carboxylic acids is 2. The van der Waals surface area contributed by atoms with E-state index in [1.807, 2.05) is 0 Å². The van der Waals surface area contributed by atoms with Gasteiger partial charge >= 0.3 is 12.1 Å². The van der Waals surface area contributed by atoms with Crippen molar-refractivity contribution in [2.75, 3.05) is 19.1 Å². The second-order valence-corrected chi connectivity index (χ2v) is 7.18. The fourth-order valence-corrected chi connectivity index (χ4v) is 2.63. The predicted molar refractivity (Wildman–Crippen MR) is 105 cm³/mol. The number of methoxy groups -OCH3 is 2. The van der Waals surface area contributed by atoms with Crippen molar-refractivity contribution in [2.45, 2.75) is 32.4 Å². The molecule has 0 spiro atoms. The number of amides is 1. The molecule has 2 aromatic rings. The number of phenols is 1. The second-order valence-electron chi connectivity index (χ2n) is 7.18. The molecule has 2 aromatic carbocycles. The maximum atomic E-state index is 14.6. The molecule has 0 aliphatic rings. The molecule has 0 radical (unpaired) electrons. The van der Waals surface area contributed by atoms with E-state index in [9.17, 15) is 19.1 Å². The van der Waals surface area contributed by atoms with Crippen molar-refractivity contribution in [1.29, 1.82) is 0 Å². The highest BCUT2D eigenvalue weighted by Crippen LogP contribution is 2.33. The Morgan fingerprint density at radius 3 is 2.17 bits per heavy atom. The normalized spacial score (nSPS) is 12.1. The Bertz CT molecular complexity index is 876. The molecule has 0 aliphatic carbocycles. The van der Waals surface area contributed by atoms with E-state index in [1.54, 1.807) is 32.9 Å². The summed E-state index contributed by atoms with van der Waals surface area (Å²) in [5.74, 6) is -1.54. The lowest BCUT2D eigenvalue weighted by atomic mass is 10.0. The molecule has 0 aliphatic heterocycles. The molecule has 29 heavy (non-hydrogen) atoms. The third kappa shape index (κ3) is 5.37. The van der Waals surface area contributed by atoms with Gasteiger partial charge in [-0.25, -0.2) is 14.0 Å². The molecule has 7 nitrogen and oxygen atoms in total. The number of halogens is 1. The van der Waals surface area contributed by atoms with Gasteiger partial charge in [0.05, 0.1) is 14.2 Å².